The first-order valence-corrected chi connectivity index (χ1v) is 9.33. The van der Waals surface area contributed by atoms with E-state index in [1.807, 2.05) is 37.4 Å². The van der Waals surface area contributed by atoms with Gasteiger partial charge in [-0.15, -0.1) is 11.3 Å². The lowest BCUT2D eigenvalue weighted by Gasteiger charge is -2.14. The third-order valence-electron chi connectivity index (χ3n) is 3.23. The number of carbonyl (C=O) groups excluding carboxylic acids is 1. The Bertz CT molecular complexity index is 881. The van der Waals surface area contributed by atoms with Crippen molar-refractivity contribution in [2.45, 2.75) is 20.0 Å². The highest BCUT2D eigenvalue weighted by Gasteiger charge is 2.16. The van der Waals surface area contributed by atoms with E-state index in [0.717, 1.165) is 15.7 Å². The van der Waals surface area contributed by atoms with E-state index in [0.29, 0.717) is 16.4 Å². The van der Waals surface area contributed by atoms with E-state index in [1.165, 1.54) is 11.3 Å². The number of carbonyl (C=O) groups is 1. The first-order valence-electron chi connectivity index (χ1n) is 7.66. The highest BCUT2D eigenvalue weighted by atomic mass is 79.9. The van der Waals surface area contributed by atoms with Crippen LogP contribution in [0.15, 0.2) is 52.6 Å². The van der Waals surface area contributed by atoms with Crippen molar-refractivity contribution in [3.8, 4) is 17.0 Å². The van der Waals surface area contributed by atoms with Gasteiger partial charge in [-0.2, -0.15) is 0 Å². The van der Waals surface area contributed by atoms with E-state index >= 15 is 0 Å². The molecule has 0 fully saturated rings. The van der Waals surface area contributed by atoms with E-state index in [2.05, 4.69) is 31.2 Å². The molecule has 5 nitrogen and oxygen atoms in total. The second kappa shape index (κ2) is 7.76. The van der Waals surface area contributed by atoms with Crippen molar-refractivity contribution < 1.29 is 9.53 Å². The first kappa shape index (κ1) is 17.6. The number of nitrogens with zero attached hydrogens (tertiary/aromatic N) is 2. The Morgan fingerprint density at radius 2 is 2.16 bits per heavy atom. The molecule has 0 spiro atoms. The summed E-state index contributed by atoms with van der Waals surface area (Å²) in [6.07, 6.45) is 3.42. The smallest absolute Gasteiger partial charge is 0.261 e. The quantitative estimate of drug-likeness (QED) is 0.633. The van der Waals surface area contributed by atoms with Gasteiger partial charge in [0.1, 0.15) is 5.75 Å². The van der Waals surface area contributed by atoms with Crippen LogP contribution in [0.3, 0.4) is 0 Å². The number of halogens is 1. The van der Waals surface area contributed by atoms with E-state index in [-0.39, 0.29) is 12.0 Å². The van der Waals surface area contributed by atoms with Crippen LogP contribution in [0, 0.1) is 0 Å². The summed E-state index contributed by atoms with van der Waals surface area (Å²) < 4.78 is 6.60. The van der Waals surface area contributed by atoms with Crippen molar-refractivity contribution in [3.63, 3.8) is 0 Å². The van der Waals surface area contributed by atoms with Gasteiger partial charge in [-0.25, -0.2) is 4.98 Å². The lowest BCUT2D eigenvalue weighted by Crippen LogP contribution is -2.15. The zero-order chi connectivity index (χ0) is 17.8. The van der Waals surface area contributed by atoms with Crippen LogP contribution in [-0.2, 0) is 0 Å². The van der Waals surface area contributed by atoms with Crippen LogP contribution in [-0.4, -0.2) is 22.0 Å². The summed E-state index contributed by atoms with van der Waals surface area (Å²) in [5.41, 5.74) is 2.16. The van der Waals surface area contributed by atoms with Gasteiger partial charge in [0.25, 0.3) is 5.91 Å². The molecule has 1 N–H and O–H groups in total. The van der Waals surface area contributed by atoms with Gasteiger partial charge in [0.15, 0.2) is 5.13 Å². The average Bonchev–Trinajstić information content (AvgIpc) is 3.03. The molecular formula is C18H16BrN3O2S. The number of thiazole rings is 1. The van der Waals surface area contributed by atoms with E-state index in [1.54, 1.807) is 24.5 Å². The fourth-order valence-electron chi connectivity index (χ4n) is 2.18. The number of aromatic nitrogens is 2. The molecule has 0 bridgehead atoms. The number of pyridine rings is 1. The van der Waals surface area contributed by atoms with Crippen LogP contribution < -0.4 is 10.1 Å². The van der Waals surface area contributed by atoms with Gasteiger partial charge >= 0.3 is 0 Å². The summed E-state index contributed by atoms with van der Waals surface area (Å²) in [5.74, 6) is 0.279. The largest absolute Gasteiger partial charge is 0.490 e. The molecule has 0 unspecified atom stereocenters. The number of ether oxygens (including phenoxy) is 1. The molecule has 0 saturated carbocycles. The fourth-order valence-corrected chi connectivity index (χ4v) is 3.23. The van der Waals surface area contributed by atoms with Gasteiger partial charge in [-0.1, -0.05) is 15.9 Å². The molecule has 0 saturated heterocycles. The summed E-state index contributed by atoms with van der Waals surface area (Å²) >= 11 is 4.77. The van der Waals surface area contributed by atoms with Crippen molar-refractivity contribution in [2.24, 2.45) is 0 Å². The van der Waals surface area contributed by atoms with Gasteiger partial charge in [-0.05, 0) is 44.2 Å². The second-order valence-electron chi connectivity index (χ2n) is 5.54. The predicted octanol–water partition coefficient (Wildman–Crippen LogP) is 5.01. The Hall–Kier alpha value is -2.25. The van der Waals surface area contributed by atoms with Gasteiger partial charge in [0, 0.05) is 27.8 Å². The zero-order valence-electron chi connectivity index (χ0n) is 13.7. The normalized spacial score (nSPS) is 10.7. The number of rotatable bonds is 5. The number of hydrogen-bond acceptors (Lipinski definition) is 5. The molecule has 25 heavy (non-hydrogen) atoms. The molecule has 128 valence electrons. The Kier molecular flexibility index (Phi) is 5.45. The van der Waals surface area contributed by atoms with Gasteiger partial charge in [-0.3, -0.25) is 15.1 Å². The maximum absolute atomic E-state index is 12.6. The minimum absolute atomic E-state index is 0.0297. The number of amides is 1. The molecular weight excluding hydrogens is 402 g/mol. The van der Waals surface area contributed by atoms with Crippen LogP contribution in [0.5, 0.6) is 5.75 Å². The first-order chi connectivity index (χ1) is 12.0. The highest BCUT2D eigenvalue weighted by Crippen LogP contribution is 2.28. The molecule has 1 amide bonds. The molecule has 7 heteroatoms. The lowest BCUT2D eigenvalue weighted by molar-refractivity contribution is 0.102. The van der Waals surface area contributed by atoms with E-state index in [4.69, 9.17) is 4.74 Å². The summed E-state index contributed by atoms with van der Waals surface area (Å²) in [5, 5.41) is 5.25. The van der Waals surface area contributed by atoms with Gasteiger partial charge in [0.2, 0.25) is 0 Å². The molecule has 3 aromatic rings. The molecule has 0 aliphatic carbocycles. The third-order valence-corrected chi connectivity index (χ3v) is 4.48. The summed E-state index contributed by atoms with van der Waals surface area (Å²) in [6, 6.07) is 9.11. The number of hydrogen-bond donors (Lipinski definition) is 1. The minimum Gasteiger partial charge on any atom is -0.490 e. The van der Waals surface area contributed by atoms with E-state index in [9.17, 15) is 4.79 Å². The Morgan fingerprint density at radius 1 is 1.32 bits per heavy atom. The minimum atomic E-state index is -0.254. The third kappa shape index (κ3) is 4.43. The van der Waals surface area contributed by atoms with Crippen molar-refractivity contribution in [1.29, 1.82) is 0 Å². The van der Waals surface area contributed by atoms with Crippen LogP contribution in [0.4, 0.5) is 5.13 Å². The maximum Gasteiger partial charge on any atom is 0.261 e. The Balaban J connectivity index is 1.80. The van der Waals surface area contributed by atoms with Crippen molar-refractivity contribution >= 4 is 38.3 Å². The van der Waals surface area contributed by atoms with Crippen LogP contribution in [0.25, 0.3) is 11.3 Å². The fraction of sp³-hybridized carbons (Fsp3) is 0.167. The van der Waals surface area contributed by atoms with Crippen LogP contribution >= 0.6 is 27.3 Å². The van der Waals surface area contributed by atoms with Crippen LogP contribution in [0.1, 0.15) is 24.2 Å². The average molecular weight is 418 g/mol. The predicted molar refractivity (Wildman–Crippen MR) is 103 cm³/mol. The SMILES string of the molecule is CC(C)Oc1cc(Br)ccc1C(=O)Nc1nc(-c2cccnc2)cs1. The Labute approximate surface area is 158 Å². The summed E-state index contributed by atoms with van der Waals surface area (Å²) in [4.78, 5) is 21.2. The topological polar surface area (TPSA) is 64.1 Å². The number of anilines is 1. The molecule has 2 aromatic heterocycles. The highest BCUT2D eigenvalue weighted by molar-refractivity contribution is 9.10. The summed E-state index contributed by atoms with van der Waals surface area (Å²) in [7, 11) is 0. The monoisotopic (exact) mass is 417 g/mol. The Morgan fingerprint density at radius 3 is 2.88 bits per heavy atom. The second-order valence-corrected chi connectivity index (χ2v) is 7.31. The van der Waals surface area contributed by atoms with Gasteiger partial charge in [0.05, 0.1) is 17.4 Å². The van der Waals surface area contributed by atoms with Crippen molar-refractivity contribution in [2.75, 3.05) is 5.32 Å². The van der Waals surface area contributed by atoms with Crippen molar-refractivity contribution in [3.05, 3.63) is 58.1 Å². The van der Waals surface area contributed by atoms with E-state index < -0.39 is 0 Å². The molecule has 0 aliphatic rings. The molecule has 0 radical (unpaired) electrons. The lowest BCUT2D eigenvalue weighted by atomic mass is 10.2. The molecule has 1 aromatic carbocycles. The molecule has 2 heterocycles. The van der Waals surface area contributed by atoms with Crippen molar-refractivity contribution in [1.82, 2.24) is 9.97 Å². The number of nitrogens with one attached hydrogen (secondary N) is 1. The summed E-state index contributed by atoms with van der Waals surface area (Å²) in [6.45, 7) is 3.84. The molecule has 0 atom stereocenters. The standard InChI is InChI=1S/C18H16BrN3O2S/c1-11(2)24-16-8-13(19)5-6-14(16)17(23)22-18-21-15(10-25-18)12-4-3-7-20-9-12/h3-11H,1-2H3,(H,21,22,23). The van der Waals surface area contributed by atoms with Crippen LogP contribution in [0.2, 0.25) is 0 Å². The number of benzene rings is 1. The molecule has 3 rings (SSSR count). The van der Waals surface area contributed by atoms with Gasteiger partial charge < -0.3 is 4.74 Å². The zero-order valence-corrected chi connectivity index (χ0v) is 16.1. The molecule has 0 aliphatic heterocycles. The maximum atomic E-state index is 12.6.